The number of hydrogen-bond acceptors (Lipinski definition) is 3. The van der Waals surface area contributed by atoms with Crippen LogP contribution >= 0.6 is 12.4 Å². The van der Waals surface area contributed by atoms with E-state index in [4.69, 9.17) is 5.73 Å². The number of para-hydroxylation sites is 1. The average molecular weight is 286 g/mol. The topological polar surface area (TPSA) is 84.2 Å². The van der Waals surface area contributed by atoms with Gasteiger partial charge >= 0.3 is 0 Å². The molecule has 2 amide bonds. The highest BCUT2D eigenvalue weighted by atomic mass is 35.5. The number of nitrogens with two attached hydrogens (primary N) is 1. The molecule has 0 spiro atoms. The van der Waals surface area contributed by atoms with E-state index in [1.807, 2.05) is 0 Å². The number of benzene rings is 1. The van der Waals surface area contributed by atoms with E-state index in [1.165, 1.54) is 0 Å². The summed E-state index contributed by atoms with van der Waals surface area (Å²) < 4.78 is 0. The maximum Gasteiger partial charge on any atom is 0.253 e. The van der Waals surface area contributed by atoms with Crippen molar-refractivity contribution in [3.8, 4) is 0 Å². The third-order valence-corrected chi connectivity index (χ3v) is 2.86. The van der Waals surface area contributed by atoms with Crippen molar-refractivity contribution in [2.24, 2.45) is 11.7 Å². The van der Waals surface area contributed by atoms with Crippen LogP contribution in [0.2, 0.25) is 0 Å². The van der Waals surface area contributed by atoms with Crippen LogP contribution in [0.4, 0.5) is 5.69 Å². The van der Waals surface area contributed by atoms with E-state index < -0.39 is 0 Å². The molecule has 106 valence electrons. The highest BCUT2D eigenvalue weighted by molar-refractivity contribution is 6.04. The molecule has 1 rings (SSSR count). The van der Waals surface area contributed by atoms with Crippen LogP contribution in [0.25, 0.3) is 0 Å². The second-order valence-electron chi connectivity index (χ2n) is 4.26. The molecule has 5 nitrogen and oxygen atoms in total. The first kappa shape index (κ1) is 17.4. The van der Waals surface area contributed by atoms with Crippen molar-refractivity contribution in [3.05, 3.63) is 29.8 Å². The summed E-state index contributed by atoms with van der Waals surface area (Å²) in [6.07, 6.45) is 0. The Hall–Kier alpha value is -1.59. The van der Waals surface area contributed by atoms with Gasteiger partial charge in [-0.1, -0.05) is 19.1 Å². The number of halogens is 1. The van der Waals surface area contributed by atoms with Crippen LogP contribution in [0, 0.1) is 5.92 Å². The van der Waals surface area contributed by atoms with Gasteiger partial charge in [0, 0.05) is 13.1 Å². The molecule has 6 heteroatoms. The van der Waals surface area contributed by atoms with Gasteiger partial charge in [-0.3, -0.25) is 9.59 Å². The van der Waals surface area contributed by atoms with Gasteiger partial charge in [0.2, 0.25) is 5.91 Å². The lowest BCUT2D eigenvalue weighted by Crippen LogP contribution is -2.34. The molecule has 0 heterocycles. The molecule has 0 aromatic heterocycles. The monoisotopic (exact) mass is 285 g/mol. The molecule has 0 radical (unpaired) electrons. The van der Waals surface area contributed by atoms with Crippen LogP contribution in [0.15, 0.2) is 24.3 Å². The molecule has 1 aromatic carbocycles. The first-order chi connectivity index (χ1) is 8.47. The number of nitrogens with one attached hydrogen (secondary N) is 2. The SMILES string of the molecule is CNC(=O)c1ccccc1NC(=O)C(C)C(C)N.Cl. The average Bonchev–Trinajstić information content (AvgIpc) is 2.37. The summed E-state index contributed by atoms with van der Waals surface area (Å²) in [5.74, 6) is -0.747. The van der Waals surface area contributed by atoms with Gasteiger partial charge in [-0.05, 0) is 19.1 Å². The summed E-state index contributed by atoms with van der Waals surface area (Å²) in [6.45, 7) is 3.53. The summed E-state index contributed by atoms with van der Waals surface area (Å²) in [6, 6.07) is 6.62. The molecule has 0 aliphatic rings. The zero-order chi connectivity index (χ0) is 13.7. The lowest BCUT2D eigenvalue weighted by molar-refractivity contribution is -0.119. The summed E-state index contributed by atoms with van der Waals surface area (Å²) in [5, 5.41) is 5.26. The van der Waals surface area contributed by atoms with Gasteiger partial charge in [0.25, 0.3) is 5.91 Å². The van der Waals surface area contributed by atoms with Crippen molar-refractivity contribution in [2.45, 2.75) is 19.9 Å². The highest BCUT2D eigenvalue weighted by Gasteiger charge is 2.19. The van der Waals surface area contributed by atoms with Gasteiger partial charge in [-0.2, -0.15) is 0 Å². The van der Waals surface area contributed by atoms with Crippen molar-refractivity contribution in [1.82, 2.24) is 5.32 Å². The molecule has 0 bridgehead atoms. The first-order valence-corrected chi connectivity index (χ1v) is 5.85. The van der Waals surface area contributed by atoms with Gasteiger partial charge in [0.1, 0.15) is 0 Å². The maximum atomic E-state index is 11.9. The minimum Gasteiger partial charge on any atom is -0.355 e. The Labute approximate surface area is 119 Å². The molecule has 0 aliphatic heterocycles. The fraction of sp³-hybridized carbons (Fsp3) is 0.385. The molecule has 0 saturated carbocycles. The zero-order valence-electron chi connectivity index (χ0n) is 11.3. The standard InChI is InChI=1S/C13H19N3O2.ClH/c1-8(9(2)14)12(17)16-11-7-5-4-6-10(11)13(18)15-3;/h4-9H,14H2,1-3H3,(H,15,18)(H,16,17);1H. The summed E-state index contributed by atoms with van der Waals surface area (Å²) in [7, 11) is 1.55. The van der Waals surface area contributed by atoms with E-state index in [0.717, 1.165) is 0 Å². The second-order valence-corrected chi connectivity index (χ2v) is 4.26. The Kier molecular flexibility index (Phi) is 7.11. The van der Waals surface area contributed by atoms with Gasteiger partial charge in [0.05, 0.1) is 17.2 Å². The number of carbonyl (C=O) groups is 2. The van der Waals surface area contributed by atoms with Crippen molar-refractivity contribution < 1.29 is 9.59 Å². The van der Waals surface area contributed by atoms with Crippen molar-refractivity contribution in [3.63, 3.8) is 0 Å². The Morgan fingerprint density at radius 2 is 1.79 bits per heavy atom. The quantitative estimate of drug-likeness (QED) is 0.781. The molecule has 4 N–H and O–H groups in total. The Balaban J connectivity index is 0.00000324. The smallest absolute Gasteiger partial charge is 0.253 e. The minimum atomic E-state index is -0.317. The highest BCUT2D eigenvalue weighted by Crippen LogP contribution is 2.16. The molecule has 0 aliphatic carbocycles. The number of carbonyl (C=O) groups excluding carboxylic acids is 2. The summed E-state index contributed by atoms with van der Waals surface area (Å²) >= 11 is 0. The number of anilines is 1. The molecule has 0 saturated heterocycles. The number of amides is 2. The van der Waals surface area contributed by atoms with E-state index >= 15 is 0 Å². The van der Waals surface area contributed by atoms with Crippen LogP contribution < -0.4 is 16.4 Å². The van der Waals surface area contributed by atoms with E-state index in [1.54, 1.807) is 45.2 Å². The largest absolute Gasteiger partial charge is 0.355 e. The van der Waals surface area contributed by atoms with E-state index in [-0.39, 0.29) is 36.2 Å². The lowest BCUT2D eigenvalue weighted by Gasteiger charge is -2.16. The number of hydrogen-bond donors (Lipinski definition) is 3. The minimum absolute atomic E-state index is 0. The third-order valence-electron chi connectivity index (χ3n) is 2.86. The molecule has 19 heavy (non-hydrogen) atoms. The summed E-state index contributed by atoms with van der Waals surface area (Å²) in [4.78, 5) is 23.5. The van der Waals surface area contributed by atoms with Crippen molar-refractivity contribution in [2.75, 3.05) is 12.4 Å². The molecular formula is C13H20ClN3O2. The molecule has 2 unspecified atom stereocenters. The normalized spacial score (nSPS) is 12.8. The first-order valence-electron chi connectivity index (χ1n) is 5.85. The van der Waals surface area contributed by atoms with Crippen LogP contribution in [0.3, 0.4) is 0 Å². The van der Waals surface area contributed by atoms with Gasteiger partial charge < -0.3 is 16.4 Å². The van der Waals surface area contributed by atoms with Crippen molar-refractivity contribution >= 4 is 29.9 Å². The maximum absolute atomic E-state index is 11.9. The summed E-state index contributed by atoms with van der Waals surface area (Å²) in [5.41, 5.74) is 6.60. The zero-order valence-corrected chi connectivity index (χ0v) is 12.1. The fourth-order valence-corrected chi connectivity index (χ4v) is 1.41. The third kappa shape index (κ3) is 4.54. The predicted octanol–water partition coefficient (Wildman–Crippen LogP) is 1.39. The van der Waals surface area contributed by atoms with Gasteiger partial charge in [-0.25, -0.2) is 0 Å². The predicted molar refractivity (Wildman–Crippen MR) is 78.5 cm³/mol. The van der Waals surface area contributed by atoms with Crippen LogP contribution in [-0.2, 0) is 4.79 Å². The molecule has 0 fully saturated rings. The van der Waals surface area contributed by atoms with Crippen LogP contribution in [0.5, 0.6) is 0 Å². The van der Waals surface area contributed by atoms with Crippen LogP contribution in [0.1, 0.15) is 24.2 Å². The Morgan fingerprint density at radius 1 is 1.21 bits per heavy atom. The van der Waals surface area contributed by atoms with Gasteiger partial charge in [-0.15, -0.1) is 12.4 Å². The Morgan fingerprint density at radius 3 is 2.32 bits per heavy atom. The Bertz CT molecular complexity index is 449. The van der Waals surface area contributed by atoms with E-state index in [2.05, 4.69) is 10.6 Å². The molecule has 1 aromatic rings. The van der Waals surface area contributed by atoms with E-state index in [0.29, 0.717) is 11.3 Å². The van der Waals surface area contributed by atoms with Crippen molar-refractivity contribution in [1.29, 1.82) is 0 Å². The molecule has 2 atom stereocenters. The number of rotatable bonds is 4. The van der Waals surface area contributed by atoms with Crippen LogP contribution in [-0.4, -0.2) is 24.9 Å². The van der Waals surface area contributed by atoms with E-state index in [9.17, 15) is 9.59 Å². The fourth-order valence-electron chi connectivity index (χ4n) is 1.41. The lowest BCUT2D eigenvalue weighted by atomic mass is 10.0. The van der Waals surface area contributed by atoms with Gasteiger partial charge in [0.15, 0.2) is 0 Å². The molecular weight excluding hydrogens is 266 g/mol. The second kappa shape index (κ2) is 7.76.